The zero-order chi connectivity index (χ0) is 30.8. The summed E-state index contributed by atoms with van der Waals surface area (Å²) >= 11 is 12.1. The van der Waals surface area contributed by atoms with Crippen LogP contribution in [0.15, 0.2) is 78.9 Å². The SMILES string of the molecule is C#CC(OC(=O)C1C(C=C(C#N)c2ccc(Cl)c(Cl)c2)C1(C)C)c1cccc(N(C(=O)C(F)(F)F)c2ccccc2)c1. The van der Waals surface area contributed by atoms with E-state index in [1.165, 1.54) is 48.5 Å². The molecule has 214 valence electrons. The van der Waals surface area contributed by atoms with Crippen LogP contribution in [0.5, 0.6) is 0 Å². The van der Waals surface area contributed by atoms with E-state index in [0.717, 1.165) is 0 Å². The summed E-state index contributed by atoms with van der Waals surface area (Å²) in [6, 6.07) is 19.8. The topological polar surface area (TPSA) is 70.4 Å². The molecule has 3 atom stereocenters. The molecule has 3 aromatic carbocycles. The summed E-state index contributed by atoms with van der Waals surface area (Å²) in [4.78, 5) is 26.2. The predicted molar refractivity (Wildman–Crippen MR) is 155 cm³/mol. The number of ether oxygens (including phenoxy) is 1. The molecule has 0 N–H and O–H groups in total. The van der Waals surface area contributed by atoms with Gasteiger partial charge in [0.1, 0.15) is 0 Å². The van der Waals surface area contributed by atoms with E-state index in [0.29, 0.717) is 21.1 Å². The van der Waals surface area contributed by atoms with Crippen LogP contribution in [0.25, 0.3) is 5.57 Å². The fourth-order valence-electron chi connectivity index (χ4n) is 4.78. The lowest BCUT2D eigenvalue weighted by Gasteiger charge is -2.25. The van der Waals surface area contributed by atoms with Crippen molar-refractivity contribution in [2.45, 2.75) is 26.1 Å². The lowest BCUT2D eigenvalue weighted by molar-refractivity contribution is -0.169. The molecule has 1 aliphatic rings. The second-order valence-corrected chi connectivity index (χ2v) is 11.0. The number of para-hydroxylation sites is 1. The number of terminal acetylenes is 1. The Bertz CT molecular complexity index is 1640. The number of nitrogens with zero attached hydrogens (tertiary/aromatic N) is 2. The minimum absolute atomic E-state index is 0.00383. The van der Waals surface area contributed by atoms with E-state index in [9.17, 15) is 28.0 Å². The number of hydrogen-bond acceptors (Lipinski definition) is 4. The lowest BCUT2D eigenvalue weighted by atomic mass is 10.0. The monoisotopic (exact) mass is 610 g/mol. The first-order valence-electron chi connectivity index (χ1n) is 12.6. The van der Waals surface area contributed by atoms with Crippen molar-refractivity contribution in [1.29, 1.82) is 5.26 Å². The van der Waals surface area contributed by atoms with E-state index in [-0.39, 0.29) is 27.9 Å². The summed E-state index contributed by atoms with van der Waals surface area (Å²) in [5, 5.41) is 10.4. The quantitative estimate of drug-likeness (QED) is 0.153. The zero-order valence-corrected chi connectivity index (χ0v) is 23.8. The summed E-state index contributed by atoms with van der Waals surface area (Å²) in [6.45, 7) is 3.69. The Morgan fingerprint density at radius 3 is 2.29 bits per heavy atom. The van der Waals surface area contributed by atoms with E-state index in [1.807, 2.05) is 13.8 Å². The van der Waals surface area contributed by atoms with E-state index >= 15 is 0 Å². The average molecular weight is 611 g/mol. The molecule has 5 nitrogen and oxygen atoms in total. The molecule has 0 spiro atoms. The molecule has 1 saturated carbocycles. The first-order chi connectivity index (χ1) is 19.8. The van der Waals surface area contributed by atoms with Crippen molar-refractivity contribution in [2.24, 2.45) is 17.3 Å². The number of benzene rings is 3. The molecule has 42 heavy (non-hydrogen) atoms. The van der Waals surface area contributed by atoms with Gasteiger partial charge in [-0.3, -0.25) is 14.5 Å². The lowest BCUT2D eigenvalue weighted by Crippen LogP contribution is -2.38. The second-order valence-electron chi connectivity index (χ2n) is 10.2. The van der Waals surface area contributed by atoms with Gasteiger partial charge in [0.25, 0.3) is 0 Å². The van der Waals surface area contributed by atoms with Crippen LogP contribution in [0, 0.1) is 40.9 Å². The van der Waals surface area contributed by atoms with Gasteiger partial charge in [0.2, 0.25) is 0 Å². The Hall–Kier alpha value is -4.24. The number of carbonyl (C=O) groups excluding carboxylic acids is 2. The Balaban J connectivity index is 1.59. The normalized spacial score (nSPS) is 18.3. The molecule has 3 unspecified atom stereocenters. The van der Waals surface area contributed by atoms with Crippen LogP contribution >= 0.6 is 23.2 Å². The van der Waals surface area contributed by atoms with Crippen molar-refractivity contribution in [3.8, 4) is 18.4 Å². The van der Waals surface area contributed by atoms with Crippen LogP contribution < -0.4 is 4.90 Å². The molecule has 10 heteroatoms. The first-order valence-corrected chi connectivity index (χ1v) is 13.4. The summed E-state index contributed by atoms with van der Waals surface area (Å²) in [6.07, 6.45) is 0.962. The van der Waals surface area contributed by atoms with Gasteiger partial charge in [-0.05, 0) is 53.3 Å². The third-order valence-corrected chi connectivity index (χ3v) is 7.88. The highest BCUT2D eigenvalue weighted by Crippen LogP contribution is 2.60. The molecule has 1 fully saturated rings. The van der Waals surface area contributed by atoms with Crippen molar-refractivity contribution < 1.29 is 27.5 Å². The van der Waals surface area contributed by atoms with E-state index in [2.05, 4.69) is 12.0 Å². The number of hydrogen-bond donors (Lipinski definition) is 0. The van der Waals surface area contributed by atoms with Crippen molar-refractivity contribution in [3.63, 3.8) is 0 Å². The fraction of sp³-hybridized carbons (Fsp3) is 0.219. The summed E-state index contributed by atoms with van der Waals surface area (Å²) in [5.41, 5.74) is 0.369. The van der Waals surface area contributed by atoms with E-state index < -0.39 is 35.5 Å². The number of nitriles is 1. The van der Waals surface area contributed by atoms with Gasteiger partial charge in [-0.25, -0.2) is 0 Å². The van der Waals surface area contributed by atoms with Crippen molar-refractivity contribution in [3.05, 3.63) is 100 Å². The molecule has 4 rings (SSSR count). The number of halogens is 5. The van der Waals surface area contributed by atoms with Crippen molar-refractivity contribution in [2.75, 3.05) is 4.90 Å². The van der Waals surface area contributed by atoms with Crippen LogP contribution in [0.4, 0.5) is 24.5 Å². The third kappa shape index (κ3) is 6.31. The molecule has 0 heterocycles. The number of allylic oxidation sites excluding steroid dienone is 2. The maximum absolute atomic E-state index is 13.5. The Morgan fingerprint density at radius 1 is 1.02 bits per heavy atom. The maximum Gasteiger partial charge on any atom is 0.472 e. The highest BCUT2D eigenvalue weighted by atomic mass is 35.5. The van der Waals surface area contributed by atoms with Crippen LogP contribution in [0.3, 0.4) is 0 Å². The molecular formula is C32H23Cl2F3N2O3. The number of alkyl halides is 3. The largest absolute Gasteiger partial charge is 0.472 e. The Kier molecular flexibility index (Phi) is 8.73. The fourth-order valence-corrected chi connectivity index (χ4v) is 5.08. The number of rotatable bonds is 7. The van der Waals surface area contributed by atoms with Crippen molar-refractivity contribution in [1.82, 2.24) is 0 Å². The Labute approximate surface area is 251 Å². The van der Waals surface area contributed by atoms with Crippen LogP contribution in [0.1, 0.15) is 31.1 Å². The van der Waals surface area contributed by atoms with Gasteiger partial charge >= 0.3 is 18.1 Å². The molecule has 0 aromatic heterocycles. The average Bonchev–Trinajstić information content (AvgIpc) is 3.51. The smallest absolute Gasteiger partial charge is 0.444 e. The van der Waals surface area contributed by atoms with Crippen LogP contribution in [-0.4, -0.2) is 18.1 Å². The number of carbonyl (C=O) groups is 2. The minimum atomic E-state index is -5.15. The first kappa shape index (κ1) is 30.7. The highest BCUT2D eigenvalue weighted by molar-refractivity contribution is 6.42. The third-order valence-electron chi connectivity index (χ3n) is 7.14. The van der Waals surface area contributed by atoms with Gasteiger partial charge in [-0.2, -0.15) is 18.4 Å². The van der Waals surface area contributed by atoms with Crippen molar-refractivity contribution >= 4 is 52.0 Å². The summed E-state index contributed by atoms with van der Waals surface area (Å²) in [5.74, 6) is -1.37. The van der Waals surface area contributed by atoms with Crippen LogP contribution in [0.2, 0.25) is 10.0 Å². The molecule has 0 saturated heterocycles. The van der Waals surface area contributed by atoms with Gasteiger partial charge in [0.15, 0.2) is 6.10 Å². The summed E-state index contributed by atoms with van der Waals surface area (Å²) in [7, 11) is 0. The van der Waals surface area contributed by atoms with Gasteiger partial charge in [-0.15, -0.1) is 6.42 Å². The molecule has 3 aromatic rings. The molecular weight excluding hydrogens is 588 g/mol. The predicted octanol–water partition coefficient (Wildman–Crippen LogP) is 8.32. The summed E-state index contributed by atoms with van der Waals surface area (Å²) < 4.78 is 46.2. The van der Waals surface area contributed by atoms with Gasteiger partial charge in [0.05, 0.1) is 27.6 Å². The van der Waals surface area contributed by atoms with Crippen LogP contribution in [-0.2, 0) is 14.3 Å². The second kappa shape index (κ2) is 11.9. The van der Waals surface area contributed by atoms with Gasteiger partial charge in [-0.1, -0.05) is 85.4 Å². The number of esters is 1. The highest BCUT2D eigenvalue weighted by Gasteiger charge is 2.62. The zero-order valence-electron chi connectivity index (χ0n) is 22.3. The molecule has 0 bridgehead atoms. The molecule has 0 aliphatic heterocycles. The Morgan fingerprint density at radius 2 is 1.69 bits per heavy atom. The standard InChI is InChI=1S/C32H23Cl2F3N2O3/c1-4-27(20-9-8-12-23(15-20)39(30(41)32(35,36)37)22-10-6-5-7-11-22)42-29(40)28-24(31(28,2)3)16-21(18-38)19-13-14-25(33)26(34)17-19/h1,5-17,24,27-28H,2-3H3. The minimum Gasteiger partial charge on any atom is -0.444 e. The molecule has 1 amide bonds. The van der Waals surface area contributed by atoms with E-state index in [4.69, 9.17) is 34.4 Å². The molecule has 1 aliphatic carbocycles. The van der Waals surface area contributed by atoms with Gasteiger partial charge in [0, 0.05) is 16.9 Å². The van der Waals surface area contributed by atoms with Gasteiger partial charge < -0.3 is 4.74 Å². The van der Waals surface area contributed by atoms with E-state index in [1.54, 1.807) is 30.3 Å². The number of amides is 1. The molecule has 0 radical (unpaired) electrons. The maximum atomic E-state index is 13.5. The number of anilines is 2.